The largest absolute Gasteiger partial charge is 0.494 e. The molecule has 0 aromatic heterocycles. The molecule has 3 N–H and O–H groups in total. The molecule has 9 heteroatoms. The summed E-state index contributed by atoms with van der Waals surface area (Å²) in [5, 5.41) is 16.6. The number of thioether (sulfide) groups is 1. The topological polar surface area (TPSA) is 108 Å². The number of hydrogen-bond donors (Lipinski definition) is 3. The van der Waals surface area contributed by atoms with Crippen molar-refractivity contribution < 1.29 is 24.2 Å². The van der Waals surface area contributed by atoms with Gasteiger partial charge in [-0.15, -0.1) is 11.8 Å². The Morgan fingerprint density at radius 2 is 1.87 bits per heavy atom. The number of fused-ring (bicyclic) bond motifs is 1. The number of nitrogens with zero attached hydrogens (tertiary/aromatic N) is 1. The Bertz CT molecular complexity index is 1050. The highest BCUT2D eigenvalue weighted by atomic mass is 32.2. The average Bonchev–Trinajstić information content (AvgIpc) is 3.49. The Balaban J connectivity index is 1.67. The second-order valence-electron chi connectivity index (χ2n) is 11.6. The van der Waals surface area contributed by atoms with E-state index in [1.54, 1.807) is 28.8 Å². The second kappa shape index (κ2) is 12.1. The van der Waals surface area contributed by atoms with E-state index in [0.29, 0.717) is 25.3 Å². The van der Waals surface area contributed by atoms with Gasteiger partial charge in [0.1, 0.15) is 11.8 Å². The van der Waals surface area contributed by atoms with Crippen LogP contribution < -0.4 is 15.4 Å². The van der Waals surface area contributed by atoms with Crippen LogP contribution in [0, 0.1) is 17.8 Å². The number of amides is 3. The number of nitrogens with one attached hydrogen (secondary N) is 2. The summed E-state index contributed by atoms with van der Waals surface area (Å²) in [6.07, 6.45) is 5.17. The van der Waals surface area contributed by atoms with Gasteiger partial charge in [0.2, 0.25) is 17.7 Å². The number of likely N-dealkylation sites (tertiary alicyclic amines) is 1. The van der Waals surface area contributed by atoms with Gasteiger partial charge in [-0.1, -0.05) is 40.0 Å². The molecule has 3 amide bonds. The third kappa shape index (κ3) is 5.29. The van der Waals surface area contributed by atoms with Gasteiger partial charge in [0.15, 0.2) is 0 Å². The molecule has 7 atom stereocenters. The normalized spacial score (nSPS) is 30.7. The summed E-state index contributed by atoms with van der Waals surface area (Å²) in [7, 11) is 0. The lowest BCUT2D eigenvalue weighted by Crippen LogP contribution is -2.57. The average molecular weight is 560 g/mol. The van der Waals surface area contributed by atoms with Crippen LogP contribution in [0.15, 0.2) is 24.3 Å². The summed E-state index contributed by atoms with van der Waals surface area (Å²) in [5.74, 6) is -0.980. The van der Waals surface area contributed by atoms with Crippen molar-refractivity contribution in [3.8, 4) is 5.75 Å². The third-order valence-corrected chi connectivity index (χ3v) is 11.1. The maximum atomic E-state index is 14.3. The molecule has 3 saturated heterocycles. The number of unbranched alkanes of at least 4 members (excludes halogenated alkanes) is 2. The minimum atomic E-state index is -0.710. The minimum absolute atomic E-state index is 0.0125. The maximum absolute atomic E-state index is 14.3. The van der Waals surface area contributed by atoms with Crippen LogP contribution >= 0.6 is 11.8 Å². The van der Waals surface area contributed by atoms with Crippen molar-refractivity contribution in [2.45, 2.75) is 94.7 Å². The number of aliphatic hydroxyl groups is 1. The lowest BCUT2D eigenvalue weighted by Gasteiger charge is -2.39. The number of anilines is 1. The van der Waals surface area contributed by atoms with Crippen LogP contribution in [0.1, 0.15) is 73.1 Å². The molecule has 3 heterocycles. The Hall–Kier alpha value is -2.26. The van der Waals surface area contributed by atoms with Crippen LogP contribution in [0.5, 0.6) is 5.75 Å². The molecule has 3 fully saturated rings. The molecule has 1 aromatic rings. The van der Waals surface area contributed by atoms with Crippen LogP contribution in [-0.2, 0) is 14.4 Å². The predicted molar refractivity (Wildman–Crippen MR) is 155 cm³/mol. The maximum Gasteiger partial charge on any atom is 0.244 e. The Kier molecular flexibility index (Phi) is 9.21. The lowest BCUT2D eigenvalue weighted by atomic mass is 9.66. The van der Waals surface area contributed by atoms with E-state index in [0.717, 1.165) is 37.9 Å². The van der Waals surface area contributed by atoms with E-state index in [-0.39, 0.29) is 30.2 Å². The highest BCUT2D eigenvalue weighted by Crippen LogP contribution is 2.71. The summed E-state index contributed by atoms with van der Waals surface area (Å²) in [4.78, 5) is 43.8. The first-order valence-corrected chi connectivity index (χ1v) is 15.4. The number of hydrogen-bond acceptors (Lipinski definition) is 6. The van der Waals surface area contributed by atoms with Gasteiger partial charge in [-0.2, -0.15) is 0 Å². The van der Waals surface area contributed by atoms with Crippen molar-refractivity contribution >= 4 is 35.2 Å². The van der Waals surface area contributed by atoms with E-state index in [9.17, 15) is 19.5 Å². The van der Waals surface area contributed by atoms with E-state index in [2.05, 4.69) is 24.5 Å². The molecule has 1 aromatic carbocycles. The molecule has 2 bridgehead atoms. The fourth-order valence-electron chi connectivity index (χ4n) is 6.94. The molecule has 39 heavy (non-hydrogen) atoms. The molecule has 8 nitrogen and oxygen atoms in total. The predicted octanol–water partition coefficient (Wildman–Crippen LogP) is 4.22. The van der Waals surface area contributed by atoms with Gasteiger partial charge in [-0.3, -0.25) is 14.4 Å². The molecule has 0 radical (unpaired) electrons. The first kappa shape index (κ1) is 29.7. The van der Waals surface area contributed by atoms with E-state index in [1.807, 2.05) is 32.9 Å². The van der Waals surface area contributed by atoms with Crippen LogP contribution in [-0.4, -0.2) is 69.1 Å². The van der Waals surface area contributed by atoms with Crippen molar-refractivity contribution in [2.75, 3.05) is 25.1 Å². The number of rotatable bonds is 13. The third-order valence-electron chi connectivity index (χ3n) is 9.10. The van der Waals surface area contributed by atoms with Gasteiger partial charge in [-0.05, 0) is 63.3 Å². The molecule has 0 aliphatic carbocycles. The van der Waals surface area contributed by atoms with Gasteiger partial charge >= 0.3 is 0 Å². The van der Waals surface area contributed by atoms with E-state index in [1.165, 1.54) is 0 Å². The smallest absolute Gasteiger partial charge is 0.244 e. The Morgan fingerprint density at radius 3 is 2.49 bits per heavy atom. The minimum Gasteiger partial charge on any atom is -0.494 e. The van der Waals surface area contributed by atoms with Crippen LogP contribution in [0.3, 0.4) is 0 Å². The molecule has 2 unspecified atom stereocenters. The molecule has 3 aliphatic rings. The number of ether oxygens (including phenoxy) is 1. The zero-order valence-electron chi connectivity index (χ0n) is 24.0. The Morgan fingerprint density at radius 1 is 1.15 bits per heavy atom. The van der Waals surface area contributed by atoms with Crippen molar-refractivity contribution in [1.82, 2.24) is 10.2 Å². The monoisotopic (exact) mass is 559 g/mol. The highest BCUT2D eigenvalue weighted by molar-refractivity contribution is 8.02. The van der Waals surface area contributed by atoms with Crippen molar-refractivity contribution in [3.05, 3.63) is 24.3 Å². The number of carbonyl (C=O) groups is 3. The number of carbonyl (C=O) groups excluding carboxylic acids is 3. The number of benzene rings is 1. The fourth-order valence-corrected chi connectivity index (χ4v) is 9.28. The lowest BCUT2D eigenvalue weighted by molar-refractivity contribution is -0.143. The van der Waals surface area contributed by atoms with Crippen molar-refractivity contribution in [3.63, 3.8) is 0 Å². The molecule has 3 aliphatic heterocycles. The molecular weight excluding hydrogens is 514 g/mol. The van der Waals surface area contributed by atoms with Crippen molar-refractivity contribution in [1.29, 1.82) is 0 Å². The van der Waals surface area contributed by atoms with Crippen LogP contribution in [0.2, 0.25) is 0 Å². The van der Waals surface area contributed by atoms with Crippen LogP contribution in [0.4, 0.5) is 5.69 Å². The fraction of sp³-hybridized carbons (Fsp3) is 0.700. The zero-order valence-corrected chi connectivity index (χ0v) is 24.8. The van der Waals surface area contributed by atoms with Gasteiger partial charge in [0, 0.05) is 17.0 Å². The van der Waals surface area contributed by atoms with E-state index in [4.69, 9.17) is 4.74 Å². The van der Waals surface area contributed by atoms with Crippen molar-refractivity contribution in [2.24, 2.45) is 17.8 Å². The van der Waals surface area contributed by atoms with Crippen LogP contribution in [0.25, 0.3) is 0 Å². The van der Waals surface area contributed by atoms with E-state index < -0.39 is 33.4 Å². The van der Waals surface area contributed by atoms with E-state index >= 15 is 0 Å². The second-order valence-corrected chi connectivity index (χ2v) is 13.5. The first-order valence-electron chi connectivity index (χ1n) is 14.6. The summed E-state index contributed by atoms with van der Waals surface area (Å²) in [6, 6.07) is 6.06. The SMILES string of the molecule is CCCCCNC(=O)C1N([C@@H](CO)[C@@H](C)CC)C(=O)[C@@H]2[C@H](C(=O)Nc3ccc(OCC)cc3)[C@]3(C)CCC12S3. The van der Waals surface area contributed by atoms with Gasteiger partial charge in [0.25, 0.3) is 0 Å². The molecule has 1 spiro atoms. The standard InChI is InChI=1S/C30H45N3O5S/c1-6-9-10-17-31-27(36)25-30-16-15-29(5,39-30)23(24(30)28(37)33(25)22(18-34)19(4)7-2)26(35)32-20-11-13-21(14-12-20)38-8-3/h11-14,19,22-25,34H,6-10,15-18H2,1-5H3,(H,31,36)(H,32,35)/t19-,22-,23+,24-,25?,29-,30?/m0/s1. The van der Waals surface area contributed by atoms with Gasteiger partial charge < -0.3 is 25.4 Å². The molecule has 4 rings (SSSR count). The van der Waals surface area contributed by atoms with Gasteiger partial charge in [-0.25, -0.2) is 0 Å². The quantitative estimate of drug-likeness (QED) is 0.313. The zero-order chi connectivity index (χ0) is 28.4. The summed E-state index contributed by atoms with van der Waals surface area (Å²) < 4.78 is 4.37. The summed E-state index contributed by atoms with van der Waals surface area (Å²) in [6.45, 7) is 11.1. The molecule has 0 saturated carbocycles. The molecule has 216 valence electrons. The summed E-state index contributed by atoms with van der Waals surface area (Å²) in [5.41, 5.74) is 0.647. The van der Waals surface area contributed by atoms with Gasteiger partial charge in [0.05, 0.1) is 35.8 Å². The first-order chi connectivity index (χ1) is 18.7. The Labute approximate surface area is 237 Å². The number of aliphatic hydroxyl groups excluding tert-OH is 1. The molecular formula is C30H45N3O5S. The highest BCUT2D eigenvalue weighted by Gasteiger charge is 2.77. The summed E-state index contributed by atoms with van der Waals surface area (Å²) >= 11 is 1.66.